The topological polar surface area (TPSA) is 20.2 Å². The normalized spacial score (nSPS) is 14.6. The summed E-state index contributed by atoms with van der Waals surface area (Å²) in [7, 11) is 0. The lowest BCUT2D eigenvalue weighted by Crippen LogP contribution is -2.45. The van der Waals surface area contributed by atoms with E-state index in [1.54, 1.807) is 32.9 Å². The van der Waals surface area contributed by atoms with Gasteiger partial charge in [-0.2, -0.15) is 26.3 Å². The van der Waals surface area contributed by atoms with Gasteiger partial charge in [0.05, 0.1) is 6.10 Å². The Morgan fingerprint density at radius 3 is 1.62 bits per heavy atom. The van der Waals surface area contributed by atoms with Crippen molar-refractivity contribution < 1.29 is 31.4 Å². The van der Waals surface area contributed by atoms with Gasteiger partial charge in [0.2, 0.25) is 0 Å². The molecule has 21 heavy (non-hydrogen) atoms. The van der Waals surface area contributed by atoms with Crippen LogP contribution in [0.15, 0.2) is 12.1 Å². The third-order valence-corrected chi connectivity index (χ3v) is 3.34. The van der Waals surface area contributed by atoms with Crippen molar-refractivity contribution in [2.24, 2.45) is 5.92 Å². The predicted molar refractivity (Wildman–Crippen MR) is 66.0 cm³/mol. The summed E-state index contributed by atoms with van der Waals surface area (Å²) in [6, 6.07) is 3.32. The van der Waals surface area contributed by atoms with Crippen LogP contribution in [0.3, 0.4) is 0 Å². The number of aryl methyl sites for hydroxylation is 3. The number of rotatable bonds is 3. The Bertz CT molecular complexity index is 466. The van der Waals surface area contributed by atoms with Gasteiger partial charge in [0, 0.05) is 0 Å². The molecule has 0 aliphatic carbocycles. The zero-order valence-corrected chi connectivity index (χ0v) is 11.7. The molecule has 0 amide bonds. The Morgan fingerprint density at radius 1 is 0.905 bits per heavy atom. The van der Waals surface area contributed by atoms with Crippen molar-refractivity contribution in [3.8, 4) is 0 Å². The van der Waals surface area contributed by atoms with E-state index in [4.69, 9.17) is 0 Å². The highest BCUT2D eigenvalue weighted by Gasteiger charge is 2.60. The lowest BCUT2D eigenvalue weighted by molar-refractivity contribution is -0.305. The molecule has 1 unspecified atom stereocenters. The van der Waals surface area contributed by atoms with Crippen LogP contribution >= 0.6 is 0 Å². The van der Waals surface area contributed by atoms with Gasteiger partial charge >= 0.3 is 12.4 Å². The summed E-state index contributed by atoms with van der Waals surface area (Å²) < 4.78 is 75.3. The standard InChI is InChI=1S/C14H16F6O/c1-7-4-8(2)10(9(3)5-7)6-11(21)12(13(15,16)17)14(18,19)20/h4-5,11-12,21H,6H2,1-3H3. The third-order valence-electron chi connectivity index (χ3n) is 3.34. The van der Waals surface area contributed by atoms with Gasteiger partial charge in [-0.05, 0) is 43.9 Å². The quantitative estimate of drug-likeness (QED) is 0.827. The molecule has 0 bridgehead atoms. The van der Waals surface area contributed by atoms with Crippen LogP contribution in [-0.4, -0.2) is 23.6 Å². The van der Waals surface area contributed by atoms with Crippen molar-refractivity contribution in [2.45, 2.75) is 45.6 Å². The van der Waals surface area contributed by atoms with Crippen LogP contribution in [-0.2, 0) is 6.42 Å². The minimum Gasteiger partial charge on any atom is -0.392 e. The lowest BCUT2D eigenvalue weighted by atomic mass is 9.90. The summed E-state index contributed by atoms with van der Waals surface area (Å²) in [4.78, 5) is 0. The molecule has 1 aromatic carbocycles. The van der Waals surface area contributed by atoms with Crippen molar-refractivity contribution in [3.05, 3.63) is 34.4 Å². The molecule has 0 aliphatic heterocycles. The highest BCUT2D eigenvalue weighted by molar-refractivity contribution is 5.38. The van der Waals surface area contributed by atoms with E-state index in [1.165, 1.54) is 0 Å². The molecular weight excluding hydrogens is 298 g/mol. The molecule has 120 valence electrons. The second kappa shape index (κ2) is 5.87. The van der Waals surface area contributed by atoms with E-state index in [2.05, 4.69) is 0 Å². The van der Waals surface area contributed by atoms with Crippen molar-refractivity contribution in [1.82, 2.24) is 0 Å². The van der Waals surface area contributed by atoms with Crippen LogP contribution in [0, 0.1) is 26.7 Å². The van der Waals surface area contributed by atoms with E-state index in [-0.39, 0.29) is 0 Å². The first-order valence-electron chi connectivity index (χ1n) is 6.22. The summed E-state index contributed by atoms with van der Waals surface area (Å²) >= 11 is 0. The Labute approximate surface area is 118 Å². The van der Waals surface area contributed by atoms with Crippen LogP contribution in [0.25, 0.3) is 0 Å². The second-order valence-electron chi connectivity index (χ2n) is 5.21. The van der Waals surface area contributed by atoms with Crippen LogP contribution in [0.2, 0.25) is 0 Å². The molecule has 7 heteroatoms. The van der Waals surface area contributed by atoms with E-state index >= 15 is 0 Å². The number of aliphatic hydroxyl groups excluding tert-OH is 1. The molecule has 1 rings (SSSR count). The van der Waals surface area contributed by atoms with Crippen molar-refractivity contribution in [3.63, 3.8) is 0 Å². The minimum absolute atomic E-state index is 0.312. The van der Waals surface area contributed by atoms with Gasteiger partial charge in [0.1, 0.15) is 0 Å². The zero-order chi connectivity index (χ0) is 16.6. The fourth-order valence-electron chi connectivity index (χ4n) is 2.48. The van der Waals surface area contributed by atoms with E-state index in [0.717, 1.165) is 5.56 Å². The summed E-state index contributed by atoms with van der Waals surface area (Å²) in [5, 5.41) is 9.51. The SMILES string of the molecule is Cc1cc(C)c(CC(O)C(C(F)(F)F)C(F)(F)F)c(C)c1. The average molecular weight is 314 g/mol. The first-order valence-corrected chi connectivity index (χ1v) is 6.22. The number of benzene rings is 1. The van der Waals surface area contributed by atoms with Crippen LogP contribution in [0.5, 0.6) is 0 Å². The Morgan fingerprint density at radius 2 is 1.29 bits per heavy atom. The molecule has 0 radical (unpaired) electrons. The van der Waals surface area contributed by atoms with Gasteiger partial charge in [-0.25, -0.2) is 0 Å². The maximum absolute atomic E-state index is 12.6. The summed E-state index contributed by atoms with van der Waals surface area (Å²) in [5.74, 6) is -3.75. The molecule has 0 aromatic heterocycles. The maximum Gasteiger partial charge on any atom is 0.403 e. The molecular formula is C14H16F6O. The summed E-state index contributed by atoms with van der Waals surface area (Å²) in [6.45, 7) is 4.96. The molecule has 1 nitrogen and oxygen atoms in total. The molecule has 0 fully saturated rings. The van der Waals surface area contributed by atoms with Crippen LogP contribution in [0.1, 0.15) is 22.3 Å². The number of aliphatic hydroxyl groups is 1. The Balaban J connectivity index is 3.12. The van der Waals surface area contributed by atoms with Crippen LogP contribution < -0.4 is 0 Å². The molecule has 0 aliphatic rings. The molecule has 0 saturated carbocycles. The number of hydrogen-bond donors (Lipinski definition) is 1. The summed E-state index contributed by atoms with van der Waals surface area (Å²) in [6.07, 6.45) is -14.3. The molecule has 0 heterocycles. The Kier molecular flexibility index (Phi) is 4.98. The van der Waals surface area contributed by atoms with Gasteiger partial charge in [-0.15, -0.1) is 0 Å². The van der Waals surface area contributed by atoms with Crippen molar-refractivity contribution >= 4 is 0 Å². The first kappa shape index (κ1) is 17.8. The zero-order valence-electron chi connectivity index (χ0n) is 11.7. The average Bonchev–Trinajstić information content (AvgIpc) is 2.18. The van der Waals surface area contributed by atoms with Crippen LogP contribution in [0.4, 0.5) is 26.3 Å². The lowest BCUT2D eigenvalue weighted by Gasteiger charge is -2.28. The number of halogens is 6. The number of hydrogen-bond acceptors (Lipinski definition) is 1. The highest BCUT2D eigenvalue weighted by atomic mass is 19.4. The maximum atomic E-state index is 12.6. The molecule has 1 aromatic rings. The first-order chi connectivity index (χ1) is 9.34. The largest absolute Gasteiger partial charge is 0.403 e. The second-order valence-corrected chi connectivity index (χ2v) is 5.21. The van der Waals surface area contributed by atoms with E-state index in [0.29, 0.717) is 16.7 Å². The van der Waals surface area contributed by atoms with Crippen molar-refractivity contribution in [1.29, 1.82) is 0 Å². The monoisotopic (exact) mass is 314 g/mol. The van der Waals surface area contributed by atoms with Crippen molar-refractivity contribution in [2.75, 3.05) is 0 Å². The minimum atomic E-state index is -5.54. The smallest absolute Gasteiger partial charge is 0.392 e. The fraction of sp³-hybridized carbons (Fsp3) is 0.571. The number of alkyl halides is 6. The van der Waals surface area contributed by atoms with E-state index in [1.807, 2.05) is 0 Å². The van der Waals surface area contributed by atoms with Gasteiger partial charge in [0.15, 0.2) is 5.92 Å². The summed E-state index contributed by atoms with van der Waals surface area (Å²) in [5.41, 5.74) is 2.29. The van der Waals surface area contributed by atoms with E-state index < -0.39 is 30.8 Å². The highest BCUT2D eigenvalue weighted by Crippen LogP contribution is 2.42. The molecule has 1 N–H and O–H groups in total. The molecule has 0 spiro atoms. The van der Waals surface area contributed by atoms with E-state index in [9.17, 15) is 31.4 Å². The van der Waals surface area contributed by atoms with Gasteiger partial charge < -0.3 is 5.11 Å². The fourth-order valence-corrected chi connectivity index (χ4v) is 2.48. The van der Waals surface area contributed by atoms with Gasteiger partial charge in [-0.3, -0.25) is 0 Å². The third kappa shape index (κ3) is 4.36. The molecule has 0 saturated heterocycles. The molecule has 1 atom stereocenters. The van der Waals surface area contributed by atoms with Gasteiger partial charge in [-0.1, -0.05) is 17.7 Å². The Hall–Kier alpha value is -1.24. The van der Waals surface area contributed by atoms with Gasteiger partial charge in [0.25, 0.3) is 0 Å². The predicted octanol–water partition coefficient (Wildman–Crippen LogP) is 4.26.